The number of aromatic nitrogens is 2. The molecule has 1 aromatic carbocycles. The summed E-state index contributed by atoms with van der Waals surface area (Å²) in [4.78, 5) is 24.2. The van der Waals surface area contributed by atoms with E-state index in [0.29, 0.717) is 22.7 Å². The van der Waals surface area contributed by atoms with E-state index in [1.165, 1.54) is 0 Å². The maximum atomic E-state index is 4.70. The van der Waals surface area contributed by atoms with Gasteiger partial charge in [0, 0.05) is 11.4 Å². The zero-order valence-electron chi connectivity index (χ0n) is 19.1. The molecule has 0 bridgehead atoms. The fourth-order valence-electron chi connectivity index (χ4n) is 3.42. The quantitative estimate of drug-likeness (QED) is 0.364. The molecule has 0 saturated carbocycles. The average Bonchev–Trinajstić information content (AvgIpc) is 3.25. The molecule has 3 aromatic rings. The zero-order valence-corrected chi connectivity index (χ0v) is 19.1. The molecule has 6 heteroatoms. The summed E-state index contributed by atoms with van der Waals surface area (Å²) in [6.45, 7) is 23.2. The normalized spacial score (nSPS) is 11.4. The number of aromatic amines is 2. The molecule has 2 aromatic heterocycles. The first kappa shape index (κ1) is 22.6. The molecule has 2 heterocycles. The van der Waals surface area contributed by atoms with Gasteiger partial charge in [-0.3, -0.25) is 20.0 Å². The van der Waals surface area contributed by atoms with Gasteiger partial charge in [0.25, 0.3) is 0 Å². The summed E-state index contributed by atoms with van der Waals surface area (Å²) in [5, 5.41) is 0. The van der Waals surface area contributed by atoms with Crippen molar-refractivity contribution < 1.29 is 0 Å². The minimum Gasteiger partial charge on any atom is -0.354 e. The SMILES string of the molecule is C=Cc1[nH]c(/C=N\c2cc(N=C)c(N=C)cc2/N=C\c2[nH]c(C=C)c(C)c2C)c(C)c1C. The lowest BCUT2D eigenvalue weighted by atomic mass is 10.1. The predicted octanol–water partition coefficient (Wildman–Crippen LogP) is 7.03. The Hall–Kier alpha value is -4.06. The topological polar surface area (TPSA) is 81.0 Å². The van der Waals surface area contributed by atoms with Crippen molar-refractivity contribution in [1.82, 2.24) is 9.97 Å². The molecule has 162 valence electrons. The van der Waals surface area contributed by atoms with Crippen LogP contribution in [0.15, 0.2) is 45.3 Å². The predicted molar refractivity (Wildman–Crippen MR) is 140 cm³/mol. The number of hydrogen-bond donors (Lipinski definition) is 2. The van der Waals surface area contributed by atoms with E-state index in [2.05, 4.69) is 60.4 Å². The Labute approximate surface area is 189 Å². The highest BCUT2D eigenvalue weighted by molar-refractivity contribution is 5.90. The van der Waals surface area contributed by atoms with Gasteiger partial charge in [0.2, 0.25) is 0 Å². The first-order valence-corrected chi connectivity index (χ1v) is 10.2. The van der Waals surface area contributed by atoms with Crippen LogP contribution < -0.4 is 0 Å². The van der Waals surface area contributed by atoms with Crippen LogP contribution in [-0.2, 0) is 0 Å². The second-order valence-corrected chi connectivity index (χ2v) is 7.48. The van der Waals surface area contributed by atoms with Gasteiger partial charge in [-0.2, -0.15) is 0 Å². The standard InChI is InChI=1S/C26H28N6/c1-9-19-15(3)17(5)25(31-19)13-29-23-11-21(27-7)22(28-8)12-24(23)30-14-26-18(6)16(4)20(10-2)32-26/h9-14,31-32H,1-2,7-8H2,3-6H3/b29-13-,30-14-. The van der Waals surface area contributed by atoms with Gasteiger partial charge in [-0.05, 0) is 87.7 Å². The molecule has 0 spiro atoms. The second kappa shape index (κ2) is 9.39. The lowest BCUT2D eigenvalue weighted by Crippen LogP contribution is -1.86. The van der Waals surface area contributed by atoms with Crippen molar-refractivity contribution >= 4 is 60.8 Å². The van der Waals surface area contributed by atoms with Crippen LogP contribution in [0.2, 0.25) is 0 Å². The van der Waals surface area contributed by atoms with Gasteiger partial charge in [0.1, 0.15) is 0 Å². The van der Waals surface area contributed by atoms with E-state index in [-0.39, 0.29) is 0 Å². The lowest BCUT2D eigenvalue weighted by Gasteiger charge is -2.06. The molecule has 0 atom stereocenters. The summed E-state index contributed by atoms with van der Waals surface area (Å²) in [7, 11) is 0. The van der Waals surface area contributed by atoms with Crippen molar-refractivity contribution in [2.24, 2.45) is 20.0 Å². The molecule has 0 saturated heterocycles. The molecule has 0 radical (unpaired) electrons. The van der Waals surface area contributed by atoms with E-state index < -0.39 is 0 Å². The van der Waals surface area contributed by atoms with Crippen molar-refractivity contribution in [3.05, 3.63) is 70.3 Å². The minimum atomic E-state index is 0.595. The number of nitrogens with zero attached hydrogens (tertiary/aromatic N) is 4. The molecular formula is C26H28N6. The third-order valence-corrected chi connectivity index (χ3v) is 5.77. The van der Waals surface area contributed by atoms with Crippen LogP contribution >= 0.6 is 0 Å². The molecule has 3 rings (SSSR count). The summed E-state index contributed by atoms with van der Waals surface area (Å²) >= 11 is 0. The molecule has 0 fully saturated rings. The molecular weight excluding hydrogens is 396 g/mol. The Balaban J connectivity index is 2.09. The summed E-state index contributed by atoms with van der Waals surface area (Å²) in [6, 6.07) is 3.61. The molecule has 0 aliphatic rings. The molecule has 0 aliphatic carbocycles. The van der Waals surface area contributed by atoms with Gasteiger partial charge in [-0.1, -0.05) is 13.2 Å². The number of nitrogens with one attached hydrogen (secondary N) is 2. The van der Waals surface area contributed by atoms with Gasteiger partial charge < -0.3 is 9.97 Å². The molecule has 0 unspecified atom stereocenters. The van der Waals surface area contributed by atoms with Crippen molar-refractivity contribution in [2.45, 2.75) is 27.7 Å². The van der Waals surface area contributed by atoms with Gasteiger partial charge in [0.05, 0.1) is 46.6 Å². The van der Waals surface area contributed by atoms with Crippen LogP contribution in [0.1, 0.15) is 45.0 Å². The first-order chi connectivity index (χ1) is 15.3. The Morgan fingerprint density at radius 3 is 1.22 bits per heavy atom. The fraction of sp³-hybridized carbons (Fsp3) is 0.154. The van der Waals surface area contributed by atoms with E-state index in [9.17, 15) is 0 Å². The Bertz CT molecular complexity index is 1180. The van der Waals surface area contributed by atoms with Crippen molar-refractivity contribution in [1.29, 1.82) is 0 Å². The van der Waals surface area contributed by atoms with E-state index in [1.807, 2.05) is 26.0 Å². The summed E-state index contributed by atoms with van der Waals surface area (Å²) < 4.78 is 0. The smallest absolute Gasteiger partial charge is 0.0910 e. The molecule has 2 N–H and O–H groups in total. The summed E-state index contributed by atoms with van der Waals surface area (Å²) in [5.41, 5.74) is 10.8. The van der Waals surface area contributed by atoms with Crippen LogP contribution in [-0.4, -0.2) is 35.8 Å². The van der Waals surface area contributed by atoms with Gasteiger partial charge >= 0.3 is 0 Å². The largest absolute Gasteiger partial charge is 0.354 e. The number of H-pyrrole nitrogens is 2. The Morgan fingerprint density at radius 2 is 0.938 bits per heavy atom. The van der Waals surface area contributed by atoms with E-state index >= 15 is 0 Å². The van der Waals surface area contributed by atoms with Gasteiger partial charge in [-0.25, -0.2) is 0 Å². The minimum absolute atomic E-state index is 0.595. The highest BCUT2D eigenvalue weighted by Crippen LogP contribution is 2.39. The number of aliphatic imine (C=N–C) groups is 4. The third kappa shape index (κ3) is 4.21. The highest BCUT2D eigenvalue weighted by atomic mass is 14.9. The Kier molecular flexibility index (Phi) is 6.64. The monoisotopic (exact) mass is 424 g/mol. The van der Waals surface area contributed by atoms with Crippen molar-refractivity contribution in [3.8, 4) is 0 Å². The van der Waals surface area contributed by atoms with Gasteiger partial charge in [-0.15, -0.1) is 0 Å². The zero-order chi connectivity index (χ0) is 23.4. The number of benzene rings is 1. The van der Waals surface area contributed by atoms with Crippen LogP contribution in [0.25, 0.3) is 12.2 Å². The molecule has 6 nitrogen and oxygen atoms in total. The van der Waals surface area contributed by atoms with Crippen LogP contribution in [0.4, 0.5) is 22.7 Å². The average molecular weight is 425 g/mol. The maximum absolute atomic E-state index is 4.70. The number of rotatable bonds is 8. The molecule has 0 aliphatic heterocycles. The summed E-state index contributed by atoms with van der Waals surface area (Å²) in [5.74, 6) is 0. The van der Waals surface area contributed by atoms with E-state index in [1.54, 1.807) is 24.6 Å². The first-order valence-electron chi connectivity index (χ1n) is 10.2. The molecule has 32 heavy (non-hydrogen) atoms. The van der Waals surface area contributed by atoms with E-state index in [0.717, 1.165) is 45.0 Å². The van der Waals surface area contributed by atoms with Crippen LogP contribution in [0.3, 0.4) is 0 Å². The van der Waals surface area contributed by atoms with Gasteiger partial charge in [0.15, 0.2) is 0 Å². The second-order valence-electron chi connectivity index (χ2n) is 7.48. The summed E-state index contributed by atoms with van der Waals surface area (Å²) in [6.07, 6.45) is 7.19. The third-order valence-electron chi connectivity index (χ3n) is 5.77. The van der Waals surface area contributed by atoms with Crippen LogP contribution in [0.5, 0.6) is 0 Å². The van der Waals surface area contributed by atoms with Crippen molar-refractivity contribution in [3.63, 3.8) is 0 Å². The maximum Gasteiger partial charge on any atom is 0.0910 e. The fourth-order valence-corrected chi connectivity index (χ4v) is 3.42. The lowest BCUT2D eigenvalue weighted by molar-refractivity contribution is 1.31. The highest BCUT2D eigenvalue weighted by Gasteiger charge is 2.11. The Morgan fingerprint density at radius 1 is 0.594 bits per heavy atom. The molecule has 0 amide bonds. The number of hydrogen-bond acceptors (Lipinski definition) is 4. The van der Waals surface area contributed by atoms with E-state index in [4.69, 9.17) is 9.98 Å². The van der Waals surface area contributed by atoms with Crippen LogP contribution in [0, 0.1) is 27.7 Å². The van der Waals surface area contributed by atoms with Crippen molar-refractivity contribution in [2.75, 3.05) is 0 Å².